The van der Waals surface area contributed by atoms with Crippen LogP contribution in [0, 0.1) is 10.1 Å². The summed E-state index contributed by atoms with van der Waals surface area (Å²) < 4.78 is 5.47. The molecule has 1 aliphatic rings. The van der Waals surface area contributed by atoms with Crippen LogP contribution in [0.15, 0.2) is 12.1 Å². The summed E-state index contributed by atoms with van der Waals surface area (Å²) in [5, 5.41) is 13.2. The molecule has 2 rings (SSSR count). The van der Waals surface area contributed by atoms with Gasteiger partial charge in [0, 0.05) is 13.1 Å². The number of anilines is 1. The number of rotatable bonds is 4. The molecule has 112 valence electrons. The van der Waals surface area contributed by atoms with E-state index in [0.717, 1.165) is 4.90 Å². The number of carbonyl (C=O) groups excluding carboxylic acids is 2. The molecule has 1 N–H and O–H groups in total. The SMILES string of the molecule is CCC1Oc2ccc([N+](=O)[O-])nc2N(CC(=O)NC)C1=O. The van der Waals surface area contributed by atoms with E-state index in [1.54, 1.807) is 6.92 Å². The molecule has 0 saturated carbocycles. The minimum absolute atomic E-state index is 0.0116. The molecule has 0 radical (unpaired) electrons. The number of carbonyl (C=O) groups is 2. The summed E-state index contributed by atoms with van der Waals surface area (Å²) in [6.45, 7) is 1.50. The Bertz CT molecular complexity index is 603. The molecule has 0 spiro atoms. The van der Waals surface area contributed by atoms with Crippen molar-refractivity contribution in [2.45, 2.75) is 19.4 Å². The van der Waals surface area contributed by atoms with Crippen LogP contribution in [0.2, 0.25) is 0 Å². The molecule has 1 unspecified atom stereocenters. The van der Waals surface area contributed by atoms with Crippen LogP contribution < -0.4 is 15.0 Å². The van der Waals surface area contributed by atoms with Crippen molar-refractivity contribution in [2.24, 2.45) is 0 Å². The van der Waals surface area contributed by atoms with Gasteiger partial charge in [-0.25, -0.2) is 0 Å². The maximum Gasteiger partial charge on any atom is 0.366 e. The van der Waals surface area contributed by atoms with E-state index >= 15 is 0 Å². The predicted octanol–water partition coefficient (Wildman–Crippen LogP) is 0.240. The second kappa shape index (κ2) is 5.73. The van der Waals surface area contributed by atoms with Crippen LogP contribution in [0.4, 0.5) is 11.6 Å². The van der Waals surface area contributed by atoms with E-state index in [4.69, 9.17) is 4.74 Å². The van der Waals surface area contributed by atoms with Crippen molar-refractivity contribution in [1.82, 2.24) is 10.3 Å². The van der Waals surface area contributed by atoms with Crippen LogP contribution in [0.25, 0.3) is 0 Å². The van der Waals surface area contributed by atoms with Crippen molar-refractivity contribution in [3.05, 3.63) is 22.2 Å². The van der Waals surface area contributed by atoms with E-state index < -0.39 is 28.7 Å². The standard InChI is InChI=1S/C12H14N4O5/c1-3-7-12(18)15(6-10(17)13-2)11-8(21-7)4-5-9(14-11)16(19)20/h4-5,7H,3,6H2,1-2H3,(H,13,17). The van der Waals surface area contributed by atoms with Crippen LogP contribution in [0.1, 0.15) is 13.3 Å². The highest BCUT2D eigenvalue weighted by molar-refractivity contribution is 6.03. The third-order valence-corrected chi connectivity index (χ3v) is 3.03. The van der Waals surface area contributed by atoms with Crippen molar-refractivity contribution >= 4 is 23.5 Å². The van der Waals surface area contributed by atoms with Crippen LogP contribution in [0.5, 0.6) is 5.75 Å². The molecule has 0 fully saturated rings. The summed E-state index contributed by atoms with van der Waals surface area (Å²) in [4.78, 5) is 38.8. The molecule has 1 aromatic heterocycles. The summed E-state index contributed by atoms with van der Waals surface area (Å²) in [5.41, 5.74) is 0. The lowest BCUT2D eigenvalue weighted by molar-refractivity contribution is -0.389. The van der Waals surface area contributed by atoms with Gasteiger partial charge < -0.3 is 20.2 Å². The fourth-order valence-electron chi connectivity index (χ4n) is 1.93. The van der Waals surface area contributed by atoms with Gasteiger partial charge in [-0.2, -0.15) is 0 Å². The largest absolute Gasteiger partial charge is 0.474 e. The highest BCUT2D eigenvalue weighted by Crippen LogP contribution is 2.34. The van der Waals surface area contributed by atoms with E-state index in [0.29, 0.717) is 6.42 Å². The molecule has 2 heterocycles. The molecule has 1 atom stereocenters. The molecule has 0 saturated heterocycles. The summed E-state index contributed by atoms with van der Waals surface area (Å²) in [5.74, 6) is -1.03. The van der Waals surface area contributed by atoms with E-state index in [-0.39, 0.29) is 18.1 Å². The van der Waals surface area contributed by atoms with Gasteiger partial charge in [0.1, 0.15) is 6.54 Å². The minimum Gasteiger partial charge on any atom is -0.474 e. The fourth-order valence-corrected chi connectivity index (χ4v) is 1.93. The third-order valence-electron chi connectivity index (χ3n) is 3.03. The Labute approximate surface area is 120 Å². The van der Waals surface area contributed by atoms with Crippen molar-refractivity contribution < 1.29 is 19.2 Å². The molecule has 1 aliphatic heterocycles. The number of nitro groups is 1. The highest BCUT2D eigenvalue weighted by Gasteiger charge is 2.38. The van der Waals surface area contributed by atoms with Crippen LogP contribution in [-0.4, -0.2) is 41.4 Å². The molecule has 1 aromatic rings. The molecule has 9 heteroatoms. The maximum atomic E-state index is 12.3. The Morgan fingerprint density at radius 1 is 1.57 bits per heavy atom. The zero-order chi connectivity index (χ0) is 15.6. The van der Waals surface area contributed by atoms with Crippen LogP contribution >= 0.6 is 0 Å². The van der Waals surface area contributed by atoms with Gasteiger partial charge in [0.25, 0.3) is 11.7 Å². The third kappa shape index (κ3) is 2.76. The second-order valence-corrected chi connectivity index (χ2v) is 4.36. The molecular weight excluding hydrogens is 280 g/mol. The quantitative estimate of drug-likeness (QED) is 0.628. The van der Waals surface area contributed by atoms with Gasteiger partial charge in [-0.3, -0.25) is 14.5 Å². The zero-order valence-corrected chi connectivity index (χ0v) is 11.5. The average molecular weight is 294 g/mol. The highest BCUT2D eigenvalue weighted by atomic mass is 16.6. The Kier molecular flexibility index (Phi) is 4.01. The van der Waals surface area contributed by atoms with Gasteiger partial charge in [-0.05, 0) is 22.4 Å². The van der Waals surface area contributed by atoms with Crippen molar-refractivity contribution in [3.8, 4) is 5.75 Å². The molecule has 9 nitrogen and oxygen atoms in total. The molecular formula is C12H14N4O5. The van der Waals surface area contributed by atoms with E-state index in [2.05, 4.69) is 10.3 Å². The number of hydrogen-bond acceptors (Lipinski definition) is 6. The number of nitrogens with zero attached hydrogens (tertiary/aromatic N) is 3. The minimum atomic E-state index is -0.731. The molecule has 0 aliphatic carbocycles. The number of pyridine rings is 1. The lowest BCUT2D eigenvalue weighted by Crippen LogP contribution is -2.49. The zero-order valence-electron chi connectivity index (χ0n) is 11.5. The van der Waals surface area contributed by atoms with Gasteiger partial charge >= 0.3 is 5.82 Å². The Morgan fingerprint density at radius 3 is 2.86 bits per heavy atom. The number of aromatic nitrogens is 1. The Balaban J connectivity index is 2.46. The van der Waals surface area contributed by atoms with E-state index in [9.17, 15) is 19.7 Å². The van der Waals surface area contributed by atoms with Crippen LogP contribution in [0.3, 0.4) is 0 Å². The number of nitrogens with one attached hydrogen (secondary N) is 1. The smallest absolute Gasteiger partial charge is 0.366 e. The first-order valence-corrected chi connectivity index (χ1v) is 6.32. The maximum absolute atomic E-state index is 12.3. The summed E-state index contributed by atoms with van der Waals surface area (Å²) in [6, 6.07) is 2.58. The predicted molar refractivity (Wildman–Crippen MR) is 72.0 cm³/mol. The first-order valence-electron chi connectivity index (χ1n) is 6.32. The first-order chi connectivity index (χ1) is 9.97. The van der Waals surface area contributed by atoms with Crippen molar-refractivity contribution in [2.75, 3.05) is 18.5 Å². The van der Waals surface area contributed by atoms with E-state index in [1.165, 1.54) is 19.2 Å². The lowest BCUT2D eigenvalue weighted by Gasteiger charge is -2.30. The second-order valence-electron chi connectivity index (χ2n) is 4.36. The summed E-state index contributed by atoms with van der Waals surface area (Å²) in [6.07, 6.45) is -0.315. The molecule has 2 amide bonds. The topological polar surface area (TPSA) is 115 Å². The lowest BCUT2D eigenvalue weighted by atomic mass is 10.2. The fraction of sp³-hybridized carbons (Fsp3) is 0.417. The van der Waals surface area contributed by atoms with E-state index in [1.807, 2.05) is 0 Å². The number of hydrogen-bond donors (Lipinski definition) is 1. The normalized spacial score (nSPS) is 17.0. The monoisotopic (exact) mass is 294 g/mol. The number of ether oxygens (including phenoxy) is 1. The van der Waals surface area contributed by atoms with Crippen molar-refractivity contribution in [1.29, 1.82) is 0 Å². The average Bonchev–Trinajstić information content (AvgIpc) is 2.48. The Morgan fingerprint density at radius 2 is 2.29 bits per heavy atom. The van der Waals surface area contributed by atoms with Crippen molar-refractivity contribution in [3.63, 3.8) is 0 Å². The van der Waals surface area contributed by atoms with Gasteiger partial charge in [0.05, 0.1) is 0 Å². The van der Waals surface area contributed by atoms with Gasteiger partial charge in [-0.1, -0.05) is 6.92 Å². The number of amides is 2. The molecule has 0 bridgehead atoms. The van der Waals surface area contributed by atoms with Gasteiger partial charge in [0.2, 0.25) is 5.91 Å². The van der Waals surface area contributed by atoms with Gasteiger partial charge in [-0.15, -0.1) is 0 Å². The Hall–Kier alpha value is -2.71. The number of likely N-dealkylation sites (N-methyl/N-ethyl adjacent to an activating group) is 1. The summed E-state index contributed by atoms with van der Waals surface area (Å²) in [7, 11) is 1.44. The molecule has 0 aromatic carbocycles. The first kappa shape index (κ1) is 14.7. The number of fused-ring (bicyclic) bond motifs is 1. The van der Waals surface area contributed by atoms with Gasteiger partial charge in [0.15, 0.2) is 11.9 Å². The molecule has 21 heavy (non-hydrogen) atoms. The summed E-state index contributed by atoms with van der Waals surface area (Å²) >= 11 is 0. The van der Waals surface area contributed by atoms with Crippen LogP contribution in [-0.2, 0) is 9.59 Å².